The second kappa shape index (κ2) is 5.90. The highest BCUT2D eigenvalue weighted by atomic mass is 79.9. The van der Waals surface area contributed by atoms with Crippen molar-refractivity contribution in [3.05, 3.63) is 10.3 Å². The van der Waals surface area contributed by atoms with Crippen molar-refractivity contribution in [1.82, 2.24) is 20.3 Å². The summed E-state index contributed by atoms with van der Waals surface area (Å²) < 4.78 is 13.7. The average molecular weight is 305 g/mol. The van der Waals surface area contributed by atoms with Gasteiger partial charge in [-0.3, -0.25) is 0 Å². The van der Waals surface area contributed by atoms with Gasteiger partial charge in [0.25, 0.3) is 0 Å². The Morgan fingerprint density at radius 2 is 2.41 bits per heavy atom. The summed E-state index contributed by atoms with van der Waals surface area (Å²) in [7, 11) is 1.88. The highest BCUT2D eigenvalue weighted by Gasteiger charge is 2.30. The molecule has 0 radical (unpaired) electrons. The number of hydrogen-bond donors (Lipinski definition) is 1. The summed E-state index contributed by atoms with van der Waals surface area (Å²) >= 11 is 3.42. The van der Waals surface area contributed by atoms with Crippen LogP contribution >= 0.6 is 15.9 Å². The van der Waals surface area contributed by atoms with Gasteiger partial charge in [-0.25, -0.2) is 4.68 Å². The summed E-state index contributed by atoms with van der Waals surface area (Å²) in [6.07, 6.45) is -0.00259. The van der Waals surface area contributed by atoms with Crippen LogP contribution in [0.25, 0.3) is 0 Å². The van der Waals surface area contributed by atoms with Crippen LogP contribution in [0.1, 0.15) is 18.7 Å². The molecule has 1 aliphatic rings. The SMILES string of the molecule is CCNC(c1c(Br)nnn1C)C1COCCO1. The van der Waals surface area contributed by atoms with Crippen LogP contribution in [0.3, 0.4) is 0 Å². The smallest absolute Gasteiger partial charge is 0.153 e. The van der Waals surface area contributed by atoms with Crippen molar-refractivity contribution in [3.8, 4) is 0 Å². The first kappa shape index (κ1) is 12.9. The molecule has 7 heteroatoms. The van der Waals surface area contributed by atoms with Crippen LogP contribution in [0.5, 0.6) is 0 Å². The average Bonchev–Trinajstić information content (AvgIpc) is 2.68. The Morgan fingerprint density at radius 3 is 2.94 bits per heavy atom. The second-order valence-electron chi connectivity index (χ2n) is 3.91. The van der Waals surface area contributed by atoms with Crippen molar-refractivity contribution in [2.45, 2.75) is 19.1 Å². The monoisotopic (exact) mass is 304 g/mol. The molecular formula is C10H17BrN4O2. The maximum Gasteiger partial charge on any atom is 0.153 e. The normalized spacial score (nSPS) is 22.6. The molecule has 0 amide bonds. The first-order chi connectivity index (χ1) is 8.24. The topological polar surface area (TPSA) is 61.2 Å². The van der Waals surface area contributed by atoms with Gasteiger partial charge in [-0.15, -0.1) is 5.10 Å². The lowest BCUT2D eigenvalue weighted by Gasteiger charge is -2.30. The van der Waals surface area contributed by atoms with Gasteiger partial charge in [0, 0.05) is 7.05 Å². The molecule has 6 nitrogen and oxygen atoms in total. The number of nitrogens with one attached hydrogen (secondary N) is 1. The van der Waals surface area contributed by atoms with Crippen molar-refractivity contribution in [3.63, 3.8) is 0 Å². The van der Waals surface area contributed by atoms with E-state index in [4.69, 9.17) is 9.47 Å². The zero-order chi connectivity index (χ0) is 12.3. The maximum absolute atomic E-state index is 5.75. The van der Waals surface area contributed by atoms with Crippen LogP contribution in [0.15, 0.2) is 4.60 Å². The standard InChI is InChI=1S/C10H17BrN4O2/c1-3-12-8(7-6-16-4-5-17-7)9-10(11)13-14-15(9)2/h7-8,12H,3-6H2,1-2H3. The second-order valence-corrected chi connectivity index (χ2v) is 4.66. The van der Waals surface area contributed by atoms with Gasteiger partial charge >= 0.3 is 0 Å². The number of halogens is 1. The molecule has 2 heterocycles. The molecule has 2 atom stereocenters. The Morgan fingerprint density at radius 1 is 1.59 bits per heavy atom. The molecule has 1 fully saturated rings. The minimum absolute atomic E-state index is 0.00259. The van der Waals surface area contributed by atoms with Crippen molar-refractivity contribution >= 4 is 15.9 Å². The number of ether oxygens (including phenoxy) is 2. The van der Waals surface area contributed by atoms with E-state index in [-0.39, 0.29) is 12.1 Å². The zero-order valence-corrected chi connectivity index (χ0v) is 11.6. The van der Waals surface area contributed by atoms with Gasteiger partial charge in [0.05, 0.1) is 31.6 Å². The van der Waals surface area contributed by atoms with Crippen molar-refractivity contribution in [2.75, 3.05) is 26.4 Å². The third-order valence-electron chi connectivity index (χ3n) is 2.76. The first-order valence-electron chi connectivity index (χ1n) is 5.71. The Hall–Kier alpha value is -0.500. The highest BCUT2D eigenvalue weighted by molar-refractivity contribution is 9.10. The molecule has 1 aliphatic heterocycles. The summed E-state index contributed by atoms with van der Waals surface area (Å²) in [5.74, 6) is 0. The number of rotatable bonds is 4. The fraction of sp³-hybridized carbons (Fsp3) is 0.800. The molecule has 1 aromatic rings. The minimum Gasteiger partial charge on any atom is -0.376 e. The third-order valence-corrected chi connectivity index (χ3v) is 3.32. The quantitative estimate of drug-likeness (QED) is 0.885. The lowest BCUT2D eigenvalue weighted by molar-refractivity contribution is -0.103. The van der Waals surface area contributed by atoms with Gasteiger partial charge in [-0.05, 0) is 22.5 Å². The lowest BCUT2D eigenvalue weighted by atomic mass is 10.1. The number of aromatic nitrogens is 3. The summed E-state index contributed by atoms with van der Waals surface area (Å²) in [5, 5.41) is 11.4. The van der Waals surface area contributed by atoms with Gasteiger partial charge < -0.3 is 14.8 Å². The van der Waals surface area contributed by atoms with Gasteiger partial charge in [0.15, 0.2) is 4.60 Å². The molecule has 96 valence electrons. The van der Waals surface area contributed by atoms with Gasteiger partial charge in [0.1, 0.15) is 6.10 Å². The van der Waals surface area contributed by atoms with Gasteiger partial charge in [0.2, 0.25) is 0 Å². The predicted octanol–water partition coefficient (Wildman–Crippen LogP) is 0.644. The Kier molecular flexibility index (Phi) is 4.49. The molecule has 0 saturated carbocycles. The third kappa shape index (κ3) is 2.85. The number of hydrogen-bond acceptors (Lipinski definition) is 5. The summed E-state index contributed by atoms with van der Waals surface area (Å²) in [6.45, 7) is 4.81. The summed E-state index contributed by atoms with van der Waals surface area (Å²) in [5.41, 5.74) is 0.988. The first-order valence-corrected chi connectivity index (χ1v) is 6.51. The lowest BCUT2D eigenvalue weighted by Crippen LogP contribution is -2.41. The Labute approximate surface area is 109 Å². The largest absolute Gasteiger partial charge is 0.376 e. The van der Waals surface area contributed by atoms with Crippen LogP contribution in [-0.4, -0.2) is 47.5 Å². The van der Waals surface area contributed by atoms with Gasteiger partial charge in [-0.1, -0.05) is 12.1 Å². The van der Waals surface area contributed by atoms with Crippen LogP contribution in [0.4, 0.5) is 0 Å². The zero-order valence-electron chi connectivity index (χ0n) is 10.0. The fourth-order valence-corrected chi connectivity index (χ4v) is 2.57. The van der Waals surface area contributed by atoms with Crippen LogP contribution < -0.4 is 5.32 Å². The molecule has 1 saturated heterocycles. The van der Waals surface area contributed by atoms with E-state index in [1.807, 2.05) is 7.05 Å². The van der Waals surface area contributed by atoms with E-state index in [0.717, 1.165) is 16.8 Å². The van der Waals surface area contributed by atoms with Crippen molar-refractivity contribution in [2.24, 2.45) is 7.05 Å². The van der Waals surface area contributed by atoms with Crippen LogP contribution in [0, 0.1) is 0 Å². The fourth-order valence-electron chi connectivity index (χ4n) is 1.99. The molecule has 1 aromatic heterocycles. The number of likely N-dealkylation sites (N-methyl/N-ethyl adjacent to an activating group) is 1. The van der Waals surface area contributed by atoms with Gasteiger partial charge in [-0.2, -0.15) is 0 Å². The van der Waals surface area contributed by atoms with Crippen molar-refractivity contribution < 1.29 is 9.47 Å². The molecule has 1 N–H and O–H groups in total. The van der Waals surface area contributed by atoms with Crippen molar-refractivity contribution in [1.29, 1.82) is 0 Å². The van der Waals surface area contributed by atoms with E-state index in [0.29, 0.717) is 19.8 Å². The molecule has 0 bridgehead atoms. The highest BCUT2D eigenvalue weighted by Crippen LogP contribution is 2.26. The van der Waals surface area contributed by atoms with E-state index in [9.17, 15) is 0 Å². The molecule has 2 rings (SSSR count). The number of aryl methyl sites for hydroxylation is 1. The Bertz CT molecular complexity index is 346. The Balaban J connectivity index is 2.21. The van der Waals surface area contributed by atoms with E-state index < -0.39 is 0 Å². The summed E-state index contributed by atoms with van der Waals surface area (Å²) in [4.78, 5) is 0. The molecule has 2 unspecified atom stereocenters. The van der Waals surface area contributed by atoms with E-state index >= 15 is 0 Å². The molecule has 0 spiro atoms. The molecule has 0 aromatic carbocycles. The molecular weight excluding hydrogens is 288 g/mol. The van der Waals surface area contributed by atoms with Crippen LogP contribution in [0.2, 0.25) is 0 Å². The number of nitrogens with zero attached hydrogens (tertiary/aromatic N) is 3. The molecule has 17 heavy (non-hydrogen) atoms. The van der Waals surface area contributed by atoms with Crippen LogP contribution in [-0.2, 0) is 16.5 Å². The van der Waals surface area contributed by atoms with E-state index in [2.05, 4.69) is 38.5 Å². The minimum atomic E-state index is -0.00259. The van der Waals surface area contributed by atoms with E-state index in [1.54, 1.807) is 4.68 Å². The predicted molar refractivity (Wildman–Crippen MR) is 65.7 cm³/mol. The molecule has 0 aliphatic carbocycles. The van der Waals surface area contributed by atoms with E-state index in [1.165, 1.54) is 0 Å². The summed E-state index contributed by atoms with van der Waals surface area (Å²) in [6, 6.07) is 0.0367. The maximum atomic E-state index is 5.75.